The van der Waals surface area contributed by atoms with Crippen LogP contribution in [0.15, 0.2) is 60.0 Å². The van der Waals surface area contributed by atoms with Gasteiger partial charge in [0, 0.05) is 6.54 Å². The Labute approximate surface area is 133 Å². The Hall–Kier alpha value is -1.91. The number of carbonyl (C=O) groups is 1. The van der Waals surface area contributed by atoms with Crippen molar-refractivity contribution in [2.45, 2.75) is 0 Å². The van der Waals surface area contributed by atoms with Crippen LogP contribution >= 0.6 is 24.0 Å². The Morgan fingerprint density at radius 3 is 2.76 bits per heavy atom. The molecule has 3 rings (SSSR count). The molecule has 0 bridgehead atoms. The molecule has 0 aliphatic carbocycles. The van der Waals surface area contributed by atoms with Crippen molar-refractivity contribution in [2.24, 2.45) is 0 Å². The molecule has 21 heavy (non-hydrogen) atoms. The van der Waals surface area contributed by atoms with E-state index in [4.69, 9.17) is 12.2 Å². The average molecular weight is 311 g/mol. The zero-order valence-corrected chi connectivity index (χ0v) is 12.9. The summed E-state index contributed by atoms with van der Waals surface area (Å²) in [6, 6.07) is 14.2. The van der Waals surface area contributed by atoms with Gasteiger partial charge >= 0.3 is 0 Å². The van der Waals surface area contributed by atoms with Crippen molar-refractivity contribution in [1.82, 2.24) is 4.90 Å². The maximum atomic E-state index is 12.3. The quantitative estimate of drug-likeness (QED) is 0.481. The average Bonchev–Trinajstić information content (AvgIpc) is 2.76. The highest BCUT2D eigenvalue weighted by atomic mass is 32.2. The highest BCUT2D eigenvalue weighted by Gasteiger charge is 2.30. The molecule has 1 heterocycles. The topological polar surface area (TPSA) is 20.3 Å². The third kappa shape index (κ3) is 2.64. The van der Waals surface area contributed by atoms with Gasteiger partial charge in [0.25, 0.3) is 5.91 Å². The number of amides is 1. The summed E-state index contributed by atoms with van der Waals surface area (Å²) in [5.74, 6) is -0.0437. The van der Waals surface area contributed by atoms with Crippen LogP contribution in [0, 0.1) is 0 Å². The lowest BCUT2D eigenvalue weighted by atomic mass is 10.0. The summed E-state index contributed by atoms with van der Waals surface area (Å²) in [5, 5.41) is 2.29. The molecule has 0 radical (unpaired) electrons. The van der Waals surface area contributed by atoms with Crippen molar-refractivity contribution in [3.8, 4) is 0 Å². The molecule has 2 aromatic rings. The molecule has 0 unspecified atom stereocenters. The predicted molar refractivity (Wildman–Crippen MR) is 94.0 cm³/mol. The Bertz CT molecular complexity index is 774. The first kappa shape index (κ1) is 14.0. The van der Waals surface area contributed by atoms with E-state index in [1.807, 2.05) is 30.3 Å². The van der Waals surface area contributed by atoms with Crippen LogP contribution in [0.2, 0.25) is 0 Å². The second-order valence-corrected chi connectivity index (χ2v) is 6.33. The van der Waals surface area contributed by atoms with Crippen molar-refractivity contribution in [1.29, 1.82) is 0 Å². The van der Waals surface area contributed by atoms with Gasteiger partial charge in [-0.05, 0) is 22.4 Å². The third-order valence-electron chi connectivity index (χ3n) is 3.30. The fraction of sp³-hybridized carbons (Fsp3) is 0.0588. The van der Waals surface area contributed by atoms with Crippen LogP contribution in [-0.4, -0.2) is 21.7 Å². The van der Waals surface area contributed by atoms with E-state index in [0.29, 0.717) is 15.8 Å². The number of hydrogen-bond acceptors (Lipinski definition) is 3. The molecule has 0 spiro atoms. The zero-order valence-electron chi connectivity index (χ0n) is 11.3. The Morgan fingerprint density at radius 1 is 1.19 bits per heavy atom. The first-order valence-electron chi connectivity index (χ1n) is 6.55. The van der Waals surface area contributed by atoms with E-state index in [2.05, 4.69) is 24.8 Å². The predicted octanol–water partition coefficient (Wildman–Crippen LogP) is 4.23. The maximum Gasteiger partial charge on any atom is 0.266 e. The second-order valence-electron chi connectivity index (χ2n) is 4.65. The largest absolute Gasteiger partial charge is 0.289 e. The summed E-state index contributed by atoms with van der Waals surface area (Å²) in [6.45, 7) is 4.12. The lowest BCUT2D eigenvalue weighted by molar-refractivity contribution is -0.121. The van der Waals surface area contributed by atoms with Crippen LogP contribution in [0.25, 0.3) is 16.8 Å². The maximum absolute atomic E-state index is 12.3. The van der Waals surface area contributed by atoms with Crippen LogP contribution in [-0.2, 0) is 4.79 Å². The minimum atomic E-state index is -0.0437. The van der Waals surface area contributed by atoms with Crippen molar-refractivity contribution in [3.05, 3.63) is 65.6 Å². The molecule has 0 aromatic heterocycles. The van der Waals surface area contributed by atoms with Gasteiger partial charge in [-0.3, -0.25) is 9.69 Å². The van der Waals surface area contributed by atoms with Crippen LogP contribution < -0.4 is 0 Å². The van der Waals surface area contributed by atoms with E-state index in [0.717, 1.165) is 16.3 Å². The Morgan fingerprint density at radius 2 is 1.95 bits per heavy atom. The summed E-state index contributed by atoms with van der Waals surface area (Å²) in [5.41, 5.74) is 1.03. The van der Waals surface area contributed by atoms with E-state index in [9.17, 15) is 4.79 Å². The van der Waals surface area contributed by atoms with Gasteiger partial charge in [0.2, 0.25) is 0 Å². The monoisotopic (exact) mass is 311 g/mol. The lowest BCUT2D eigenvalue weighted by Crippen LogP contribution is -2.27. The SMILES string of the molecule is C=CCN1C(=O)/C(=C/c2cccc3ccccc23)SC1=S. The first-order chi connectivity index (χ1) is 10.2. The molecule has 4 heteroatoms. The summed E-state index contributed by atoms with van der Waals surface area (Å²) < 4.78 is 0.589. The molecule has 0 atom stereocenters. The molecule has 104 valence electrons. The number of hydrogen-bond donors (Lipinski definition) is 0. The summed E-state index contributed by atoms with van der Waals surface area (Å²) in [6.07, 6.45) is 3.61. The van der Waals surface area contributed by atoms with Crippen LogP contribution in [0.5, 0.6) is 0 Å². The van der Waals surface area contributed by atoms with Gasteiger partial charge in [0.15, 0.2) is 0 Å². The van der Waals surface area contributed by atoms with Gasteiger partial charge in [0.1, 0.15) is 4.32 Å². The fourth-order valence-electron chi connectivity index (χ4n) is 2.30. The lowest BCUT2D eigenvalue weighted by Gasteiger charge is -2.10. The molecule has 0 N–H and O–H groups in total. The molecule has 1 saturated heterocycles. The van der Waals surface area contributed by atoms with E-state index in [-0.39, 0.29) is 5.91 Å². The van der Waals surface area contributed by atoms with Gasteiger partial charge in [0.05, 0.1) is 4.91 Å². The second kappa shape index (κ2) is 5.84. The molecule has 2 nitrogen and oxygen atoms in total. The van der Waals surface area contributed by atoms with Crippen LogP contribution in [0.4, 0.5) is 0 Å². The van der Waals surface area contributed by atoms with E-state index in [1.165, 1.54) is 11.8 Å². The van der Waals surface area contributed by atoms with Gasteiger partial charge in [-0.15, -0.1) is 6.58 Å². The number of carbonyl (C=O) groups excluding carboxylic acids is 1. The highest BCUT2D eigenvalue weighted by Crippen LogP contribution is 2.33. The van der Waals surface area contributed by atoms with Crippen molar-refractivity contribution < 1.29 is 4.79 Å². The molecular formula is C17H13NOS2. The first-order valence-corrected chi connectivity index (χ1v) is 7.77. The molecule has 1 aliphatic rings. The van der Waals surface area contributed by atoms with Crippen molar-refractivity contribution in [2.75, 3.05) is 6.54 Å². The van der Waals surface area contributed by atoms with Crippen molar-refractivity contribution in [3.63, 3.8) is 0 Å². The van der Waals surface area contributed by atoms with E-state index >= 15 is 0 Å². The standard InChI is InChI=1S/C17H13NOS2/c1-2-10-18-16(19)15(21-17(18)20)11-13-8-5-7-12-6-3-4-9-14(12)13/h2-9,11H,1,10H2/b15-11-. The van der Waals surface area contributed by atoms with E-state index < -0.39 is 0 Å². The van der Waals surface area contributed by atoms with Crippen molar-refractivity contribution >= 4 is 51.1 Å². The highest BCUT2D eigenvalue weighted by molar-refractivity contribution is 8.26. The summed E-state index contributed by atoms with van der Waals surface area (Å²) >= 11 is 6.60. The molecule has 0 saturated carbocycles. The number of thiocarbonyl (C=S) groups is 1. The minimum absolute atomic E-state index is 0.0437. The van der Waals surface area contributed by atoms with Crippen LogP contribution in [0.3, 0.4) is 0 Å². The number of rotatable bonds is 3. The Balaban J connectivity index is 2.03. The molecule has 2 aromatic carbocycles. The van der Waals surface area contributed by atoms with Gasteiger partial charge in [-0.1, -0.05) is 72.5 Å². The van der Waals surface area contributed by atoms with Gasteiger partial charge < -0.3 is 0 Å². The molecule has 1 amide bonds. The van der Waals surface area contributed by atoms with Gasteiger partial charge in [-0.2, -0.15) is 0 Å². The van der Waals surface area contributed by atoms with E-state index in [1.54, 1.807) is 11.0 Å². The number of nitrogens with zero attached hydrogens (tertiary/aromatic N) is 1. The number of benzene rings is 2. The normalized spacial score (nSPS) is 17.0. The molecule has 1 aliphatic heterocycles. The number of fused-ring (bicyclic) bond motifs is 1. The summed E-state index contributed by atoms with van der Waals surface area (Å²) in [7, 11) is 0. The minimum Gasteiger partial charge on any atom is -0.289 e. The molecule has 1 fully saturated rings. The zero-order chi connectivity index (χ0) is 14.8. The Kier molecular flexibility index (Phi) is 3.90. The number of thioether (sulfide) groups is 1. The summed E-state index contributed by atoms with van der Waals surface area (Å²) in [4.78, 5) is 14.6. The van der Waals surface area contributed by atoms with Crippen LogP contribution in [0.1, 0.15) is 5.56 Å². The third-order valence-corrected chi connectivity index (χ3v) is 4.67. The van der Waals surface area contributed by atoms with Gasteiger partial charge in [-0.25, -0.2) is 0 Å². The fourth-order valence-corrected chi connectivity index (χ4v) is 3.57. The smallest absolute Gasteiger partial charge is 0.266 e. The molecular weight excluding hydrogens is 298 g/mol.